The number of benzene rings is 1. The molecule has 0 aliphatic heterocycles. The van der Waals surface area contributed by atoms with E-state index in [1.54, 1.807) is 4.90 Å². The quantitative estimate of drug-likeness (QED) is 0.706. The third-order valence-corrected chi connectivity index (χ3v) is 8.17. The zero-order valence-corrected chi connectivity index (χ0v) is 17.8. The normalized spacial score (nSPS) is 30.4. The highest BCUT2D eigenvalue weighted by atomic mass is 32.1. The molecule has 0 atom stereocenters. The van der Waals surface area contributed by atoms with E-state index in [0.29, 0.717) is 40.7 Å². The predicted octanol–water partition coefficient (Wildman–Crippen LogP) is 4.69. The number of amides is 1. The number of anilines is 1. The second-order valence-electron chi connectivity index (χ2n) is 9.69. The topological polar surface area (TPSA) is 36.4 Å². The van der Waals surface area contributed by atoms with E-state index in [-0.39, 0.29) is 16.8 Å². The van der Waals surface area contributed by atoms with E-state index in [1.165, 1.54) is 36.7 Å². The number of carbonyl (C=O) groups excluding carboxylic acids is 1. The Labute approximate surface area is 173 Å². The second kappa shape index (κ2) is 6.98. The molecule has 0 unspecified atom stereocenters. The molecule has 4 bridgehead atoms. The van der Waals surface area contributed by atoms with Crippen LogP contribution in [0, 0.1) is 34.8 Å². The van der Waals surface area contributed by atoms with Crippen molar-refractivity contribution in [1.29, 1.82) is 0 Å². The van der Waals surface area contributed by atoms with Crippen LogP contribution in [-0.2, 0) is 4.79 Å². The number of halogens is 2. The van der Waals surface area contributed by atoms with Gasteiger partial charge in [0.25, 0.3) is 0 Å². The highest BCUT2D eigenvalue weighted by molar-refractivity contribution is 7.22. The molecule has 4 aliphatic carbocycles. The molecular weight excluding hydrogens is 392 g/mol. The van der Waals surface area contributed by atoms with Crippen molar-refractivity contribution in [3.8, 4) is 0 Å². The molecule has 29 heavy (non-hydrogen) atoms. The summed E-state index contributed by atoms with van der Waals surface area (Å²) in [5.74, 6) is 0.876. The van der Waals surface area contributed by atoms with Crippen LogP contribution in [0.2, 0.25) is 0 Å². The lowest BCUT2D eigenvalue weighted by Crippen LogP contribution is -2.55. The molecule has 156 valence electrons. The van der Waals surface area contributed by atoms with Gasteiger partial charge in [-0.25, -0.2) is 13.8 Å². The number of likely N-dealkylation sites (N-methyl/N-ethyl adjacent to an activating group) is 1. The third-order valence-electron chi connectivity index (χ3n) is 7.14. The van der Waals surface area contributed by atoms with Gasteiger partial charge in [-0.2, -0.15) is 0 Å². The predicted molar refractivity (Wildman–Crippen MR) is 111 cm³/mol. The minimum absolute atomic E-state index is 0.151. The van der Waals surface area contributed by atoms with Crippen molar-refractivity contribution in [2.24, 2.45) is 23.2 Å². The SMILES string of the molecule is CN(C)CCN(C(=O)C12CC3CC(CC(C3)C1)C2)c1nc2c(F)cc(F)cc2s1. The molecule has 0 spiro atoms. The number of rotatable bonds is 5. The average molecular weight is 420 g/mol. The van der Waals surface area contributed by atoms with Crippen LogP contribution < -0.4 is 4.90 Å². The van der Waals surface area contributed by atoms with E-state index in [0.717, 1.165) is 25.3 Å². The zero-order valence-electron chi connectivity index (χ0n) is 17.0. The summed E-state index contributed by atoms with van der Waals surface area (Å²) in [7, 11) is 3.95. The fourth-order valence-electron chi connectivity index (χ4n) is 6.30. The largest absolute Gasteiger partial charge is 0.308 e. The van der Waals surface area contributed by atoms with E-state index in [9.17, 15) is 13.6 Å². The summed E-state index contributed by atoms with van der Waals surface area (Å²) in [4.78, 5) is 22.2. The zero-order chi connectivity index (χ0) is 20.3. The maximum Gasteiger partial charge on any atom is 0.235 e. The van der Waals surface area contributed by atoms with Crippen LogP contribution in [0.5, 0.6) is 0 Å². The van der Waals surface area contributed by atoms with Crippen LogP contribution >= 0.6 is 11.3 Å². The first kappa shape index (κ1) is 19.4. The minimum atomic E-state index is -0.669. The molecule has 4 aliphatic rings. The number of hydrogen-bond donors (Lipinski definition) is 0. The molecular formula is C22H27F2N3OS. The maximum absolute atomic E-state index is 14.2. The third kappa shape index (κ3) is 3.36. The Balaban J connectivity index is 1.52. The van der Waals surface area contributed by atoms with Crippen molar-refractivity contribution in [3.63, 3.8) is 0 Å². The maximum atomic E-state index is 14.2. The molecule has 4 nitrogen and oxygen atoms in total. The lowest BCUT2D eigenvalue weighted by Gasteiger charge is -2.56. The van der Waals surface area contributed by atoms with E-state index >= 15 is 0 Å². The number of fused-ring (bicyclic) bond motifs is 1. The fourth-order valence-corrected chi connectivity index (χ4v) is 7.33. The first-order valence-electron chi connectivity index (χ1n) is 10.6. The molecule has 1 amide bonds. The van der Waals surface area contributed by atoms with Crippen molar-refractivity contribution in [1.82, 2.24) is 9.88 Å². The van der Waals surface area contributed by atoms with Gasteiger partial charge in [0.15, 0.2) is 10.9 Å². The van der Waals surface area contributed by atoms with Gasteiger partial charge in [-0.3, -0.25) is 9.69 Å². The molecule has 0 N–H and O–H groups in total. The molecule has 1 aromatic heterocycles. The number of nitrogens with zero attached hydrogens (tertiary/aromatic N) is 3. The fraction of sp³-hybridized carbons (Fsp3) is 0.636. The van der Waals surface area contributed by atoms with E-state index in [1.807, 2.05) is 19.0 Å². The summed E-state index contributed by atoms with van der Waals surface area (Å²) >= 11 is 1.21. The van der Waals surface area contributed by atoms with E-state index < -0.39 is 11.6 Å². The van der Waals surface area contributed by atoms with Gasteiger partial charge in [-0.05, 0) is 76.4 Å². The summed E-state index contributed by atoms with van der Waals surface area (Å²) in [6.45, 7) is 1.21. The van der Waals surface area contributed by atoms with Crippen LogP contribution in [0.25, 0.3) is 10.2 Å². The minimum Gasteiger partial charge on any atom is -0.308 e. The summed E-state index contributed by atoms with van der Waals surface area (Å²) in [6, 6.07) is 2.16. The summed E-state index contributed by atoms with van der Waals surface area (Å²) in [5, 5.41) is 0.493. The van der Waals surface area contributed by atoms with Crippen molar-refractivity contribution >= 4 is 32.6 Å². The Morgan fingerprint density at radius 1 is 1.10 bits per heavy atom. The number of thiazole rings is 1. The Morgan fingerprint density at radius 2 is 1.72 bits per heavy atom. The molecule has 0 radical (unpaired) electrons. The highest BCUT2D eigenvalue weighted by Gasteiger charge is 2.56. The first-order chi connectivity index (χ1) is 13.8. The van der Waals surface area contributed by atoms with Crippen molar-refractivity contribution in [2.45, 2.75) is 38.5 Å². The molecule has 1 heterocycles. The van der Waals surface area contributed by atoms with Crippen LogP contribution in [0.1, 0.15) is 38.5 Å². The van der Waals surface area contributed by atoms with Crippen LogP contribution in [0.4, 0.5) is 13.9 Å². The van der Waals surface area contributed by atoms with Gasteiger partial charge in [0.05, 0.1) is 10.1 Å². The lowest BCUT2D eigenvalue weighted by molar-refractivity contribution is -0.143. The monoisotopic (exact) mass is 419 g/mol. The summed E-state index contributed by atoms with van der Waals surface area (Å²) in [6.07, 6.45) is 6.75. The molecule has 2 aromatic rings. The van der Waals surface area contributed by atoms with Crippen molar-refractivity contribution in [3.05, 3.63) is 23.8 Å². The van der Waals surface area contributed by atoms with Gasteiger partial charge in [0.2, 0.25) is 5.91 Å². The van der Waals surface area contributed by atoms with Crippen molar-refractivity contribution < 1.29 is 13.6 Å². The summed E-state index contributed by atoms with van der Waals surface area (Å²) in [5.41, 5.74) is -0.137. The van der Waals surface area contributed by atoms with Crippen LogP contribution in [-0.4, -0.2) is 43.0 Å². The van der Waals surface area contributed by atoms with Crippen LogP contribution in [0.15, 0.2) is 12.1 Å². The smallest absolute Gasteiger partial charge is 0.235 e. The Bertz CT molecular complexity index is 922. The number of aromatic nitrogens is 1. The van der Waals surface area contributed by atoms with Gasteiger partial charge in [0, 0.05) is 19.2 Å². The van der Waals surface area contributed by atoms with Gasteiger partial charge >= 0.3 is 0 Å². The first-order valence-corrected chi connectivity index (χ1v) is 11.4. The molecule has 4 saturated carbocycles. The van der Waals surface area contributed by atoms with E-state index in [2.05, 4.69) is 4.98 Å². The molecule has 0 saturated heterocycles. The molecule has 7 heteroatoms. The second-order valence-corrected chi connectivity index (χ2v) is 10.7. The average Bonchev–Trinajstić information content (AvgIpc) is 3.04. The Kier molecular flexibility index (Phi) is 4.66. The summed E-state index contributed by atoms with van der Waals surface area (Å²) < 4.78 is 28.4. The Morgan fingerprint density at radius 3 is 2.31 bits per heavy atom. The number of hydrogen-bond acceptors (Lipinski definition) is 4. The molecule has 6 rings (SSSR count). The Hall–Kier alpha value is -1.60. The van der Waals surface area contributed by atoms with Gasteiger partial charge in [0.1, 0.15) is 11.3 Å². The number of carbonyl (C=O) groups is 1. The molecule has 4 fully saturated rings. The van der Waals surface area contributed by atoms with Gasteiger partial charge in [-0.1, -0.05) is 11.3 Å². The molecule has 1 aromatic carbocycles. The van der Waals surface area contributed by atoms with Crippen LogP contribution in [0.3, 0.4) is 0 Å². The van der Waals surface area contributed by atoms with Gasteiger partial charge < -0.3 is 4.90 Å². The highest BCUT2D eigenvalue weighted by Crippen LogP contribution is 2.60. The van der Waals surface area contributed by atoms with Crippen molar-refractivity contribution in [2.75, 3.05) is 32.1 Å². The standard InChI is InChI=1S/C22H27F2N3OS/c1-26(2)3-4-27(21-25-19-17(24)8-16(23)9-18(19)29-21)20(28)22-10-13-5-14(11-22)7-15(6-13)12-22/h8-9,13-15H,3-7,10-12H2,1-2H3. The van der Waals surface area contributed by atoms with E-state index in [4.69, 9.17) is 0 Å². The lowest BCUT2D eigenvalue weighted by atomic mass is 9.49. The van der Waals surface area contributed by atoms with Gasteiger partial charge in [-0.15, -0.1) is 0 Å².